The molecule has 0 aromatic rings. The van der Waals surface area contributed by atoms with Crippen molar-refractivity contribution in [1.82, 2.24) is 4.90 Å². The van der Waals surface area contributed by atoms with Crippen molar-refractivity contribution in [3.8, 4) is 0 Å². The molecule has 0 aliphatic rings. The second-order valence-corrected chi connectivity index (χ2v) is 5.27. The van der Waals surface area contributed by atoms with E-state index in [-0.39, 0.29) is 0 Å². The summed E-state index contributed by atoms with van der Waals surface area (Å²) in [7, 11) is 0. The number of nitrogens with zero attached hydrogens (tertiary/aromatic N) is 1. The highest BCUT2D eigenvalue weighted by Gasteiger charge is 2.20. The molecule has 0 aliphatic carbocycles. The van der Waals surface area contributed by atoms with Crippen LogP contribution in [0.15, 0.2) is 0 Å². The molecule has 0 radical (unpaired) electrons. The van der Waals surface area contributed by atoms with E-state index in [9.17, 15) is 0 Å². The predicted molar refractivity (Wildman–Crippen MR) is 67.1 cm³/mol. The van der Waals surface area contributed by atoms with Crippen LogP contribution in [-0.2, 0) is 0 Å². The maximum absolute atomic E-state index is 8.86. The maximum atomic E-state index is 8.86. The molecule has 0 heterocycles. The van der Waals surface area contributed by atoms with Gasteiger partial charge in [-0.2, -0.15) is 0 Å². The molecule has 92 valence electrons. The molecule has 0 fully saturated rings. The lowest BCUT2D eigenvalue weighted by atomic mass is 9.87. The molecule has 0 amide bonds. The number of rotatable bonds is 9. The van der Waals surface area contributed by atoms with E-state index in [0.29, 0.717) is 12.0 Å². The zero-order chi connectivity index (χ0) is 11.7. The summed E-state index contributed by atoms with van der Waals surface area (Å²) in [6.45, 7) is 13.0. The molecule has 1 N–H and O–H groups in total. The standard InChI is InChI=1S/C13H29NO/c1-5-9-14(10-6-2)12-13(3,4)8-7-11-15/h15H,5-12H2,1-4H3. The minimum Gasteiger partial charge on any atom is -0.396 e. The maximum Gasteiger partial charge on any atom is 0.0431 e. The van der Waals surface area contributed by atoms with Crippen molar-refractivity contribution < 1.29 is 5.11 Å². The third-order valence-electron chi connectivity index (χ3n) is 2.74. The van der Waals surface area contributed by atoms with Crippen LogP contribution in [0.4, 0.5) is 0 Å². The van der Waals surface area contributed by atoms with E-state index in [1.807, 2.05) is 0 Å². The molecule has 0 bridgehead atoms. The molecule has 0 unspecified atom stereocenters. The molecule has 15 heavy (non-hydrogen) atoms. The number of aliphatic hydroxyl groups is 1. The summed E-state index contributed by atoms with van der Waals surface area (Å²) in [5.41, 5.74) is 0.340. The molecule has 2 heteroatoms. The van der Waals surface area contributed by atoms with Gasteiger partial charge < -0.3 is 10.0 Å². The lowest BCUT2D eigenvalue weighted by Gasteiger charge is -2.32. The van der Waals surface area contributed by atoms with Gasteiger partial charge in [-0.25, -0.2) is 0 Å². The largest absolute Gasteiger partial charge is 0.396 e. The lowest BCUT2D eigenvalue weighted by Crippen LogP contribution is -2.35. The van der Waals surface area contributed by atoms with E-state index < -0.39 is 0 Å². The van der Waals surface area contributed by atoms with E-state index in [1.54, 1.807) is 0 Å². The highest BCUT2D eigenvalue weighted by molar-refractivity contribution is 4.73. The Labute approximate surface area is 95.7 Å². The zero-order valence-corrected chi connectivity index (χ0v) is 11.1. The molecule has 0 saturated heterocycles. The Bertz CT molecular complexity index is 139. The van der Waals surface area contributed by atoms with Crippen LogP contribution >= 0.6 is 0 Å². The summed E-state index contributed by atoms with van der Waals surface area (Å²) >= 11 is 0. The van der Waals surface area contributed by atoms with Gasteiger partial charge in [0.25, 0.3) is 0 Å². The summed E-state index contributed by atoms with van der Waals surface area (Å²) in [6.07, 6.45) is 4.51. The van der Waals surface area contributed by atoms with Crippen LogP contribution in [0.3, 0.4) is 0 Å². The first-order valence-corrected chi connectivity index (χ1v) is 6.39. The number of hydrogen-bond donors (Lipinski definition) is 1. The van der Waals surface area contributed by atoms with Crippen LogP contribution in [0.2, 0.25) is 0 Å². The van der Waals surface area contributed by atoms with Gasteiger partial charge in [0, 0.05) is 13.2 Å². The Kier molecular flexibility index (Phi) is 8.07. The van der Waals surface area contributed by atoms with Crippen molar-refractivity contribution in [3.63, 3.8) is 0 Å². The highest BCUT2D eigenvalue weighted by atomic mass is 16.2. The Morgan fingerprint density at radius 3 is 2.00 bits per heavy atom. The number of hydrogen-bond acceptors (Lipinski definition) is 2. The molecule has 0 saturated carbocycles. The predicted octanol–water partition coefficient (Wildman–Crippen LogP) is 2.91. The summed E-state index contributed by atoms with van der Waals surface area (Å²) in [4.78, 5) is 2.55. The van der Waals surface area contributed by atoms with Crippen molar-refractivity contribution in [2.24, 2.45) is 5.41 Å². The third-order valence-corrected chi connectivity index (χ3v) is 2.74. The van der Waals surface area contributed by atoms with Crippen molar-refractivity contribution in [2.45, 2.75) is 53.4 Å². The topological polar surface area (TPSA) is 23.5 Å². The summed E-state index contributed by atoms with van der Waals surface area (Å²) < 4.78 is 0. The van der Waals surface area contributed by atoms with Gasteiger partial charge in [0.2, 0.25) is 0 Å². The second-order valence-electron chi connectivity index (χ2n) is 5.27. The fraction of sp³-hybridized carbons (Fsp3) is 1.00. The van der Waals surface area contributed by atoms with Crippen molar-refractivity contribution in [1.29, 1.82) is 0 Å². The van der Waals surface area contributed by atoms with E-state index in [2.05, 4.69) is 32.6 Å². The molecule has 0 aromatic heterocycles. The van der Waals surface area contributed by atoms with Crippen LogP contribution in [-0.4, -0.2) is 36.2 Å². The average molecular weight is 215 g/mol. The van der Waals surface area contributed by atoms with Gasteiger partial charge >= 0.3 is 0 Å². The van der Waals surface area contributed by atoms with Crippen LogP contribution in [0, 0.1) is 5.41 Å². The van der Waals surface area contributed by atoms with Gasteiger partial charge in [0.05, 0.1) is 0 Å². The van der Waals surface area contributed by atoms with Gasteiger partial charge in [0.15, 0.2) is 0 Å². The molecule has 0 spiro atoms. The van der Waals surface area contributed by atoms with Gasteiger partial charge in [-0.05, 0) is 44.2 Å². The van der Waals surface area contributed by atoms with Gasteiger partial charge in [0.1, 0.15) is 0 Å². The van der Waals surface area contributed by atoms with Crippen LogP contribution in [0.25, 0.3) is 0 Å². The lowest BCUT2D eigenvalue weighted by molar-refractivity contribution is 0.155. The van der Waals surface area contributed by atoms with Crippen molar-refractivity contribution in [2.75, 3.05) is 26.2 Å². The minimum absolute atomic E-state index is 0.324. The summed E-state index contributed by atoms with van der Waals surface area (Å²) in [5.74, 6) is 0. The quantitative estimate of drug-likeness (QED) is 0.639. The summed E-state index contributed by atoms with van der Waals surface area (Å²) in [5, 5.41) is 8.86. The Morgan fingerprint density at radius 2 is 1.60 bits per heavy atom. The fourth-order valence-corrected chi connectivity index (χ4v) is 2.14. The molecule has 0 atom stereocenters. The smallest absolute Gasteiger partial charge is 0.0431 e. The fourth-order valence-electron chi connectivity index (χ4n) is 2.14. The first-order valence-electron chi connectivity index (χ1n) is 6.39. The molecule has 0 aliphatic heterocycles. The normalized spacial score (nSPS) is 12.4. The monoisotopic (exact) mass is 215 g/mol. The SMILES string of the molecule is CCCN(CCC)CC(C)(C)CCCO. The molecule has 2 nitrogen and oxygen atoms in total. The Hall–Kier alpha value is -0.0800. The van der Waals surface area contributed by atoms with Crippen molar-refractivity contribution in [3.05, 3.63) is 0 Å². The Balaban J connectivity index is 3.99. The van der Waals surface area contributed by atoms with E-state index >= 15 is 0 Å². The average Bonchev–Trinajstić information content (AvgIpc) is 2.15. The van der Waals surface area contributed by atoms with Crippen molar-refractivity contribution >= 4 is 0 Å². The highest BCUT2D eigenvalue weighted by Crippen LogP contribution is 2.23. The zero-order valence-electron chi connectivity index (χ0n) is 11.1. The van der Waals surface area contributed by atoms with E-state index in [0.717, 1.165) is 19.4 Å². The Morgan fingerprint density at radius 1 is 1.07 bits per heavy atom. The third kappa shape index (κ3) is 7.80. The number of aliphatic hydroxyl groups excluding tert-OH is 1. The van der Waals surface area contributed by atoms with Gasteiger partial charge in [-0.3, -0.25) is 0 Å². The minimum atomic E-state index is 0.324. The molecule has 0 aromatic carbocycles. The van der Waals surface area contributed by atoms with Crippen LogP contribution < -0.4 is 0 Å². The first-order chi connectivity index (χ1) is 7.05. The van der Waals surface area contributed by atoms with Crippen LogP contribution in [0.5, 0.6) is 0 Å². The summed E-state index contributed by atoms with van der Waals surface area (Å²) in [6, 6.07) is 0. The molecular formula is C13H29NO. The van der Waals surface area contributed by atoms with Gasteiger partial charge in [-0.1, -0.05) is 27.7 Å². The second kappa shape index (κ2) is 8.12. The molecular weight excluding hydrogens is 186 g/mol. The van der Waals surface area contributed by atoms with Gasteiger partial charge in [-0.15, -0.1) is 0 Å². The molecule has 0 rings (SSSR count). The van der Waals surface area contributed by atoms with E-state index in [1.165, 1.54) is 25.9 Å². The first kappa shape index (κ1) is 14.9. The van der Waals surface area contributed by atoms with Crippen LogP contribution in [0.1, 0.15) is 53.4 Å². The van der Waals surface area contributed by atoms with E-state index in [4.69, 9.17) is 5.11 Å².